The van der Waals surface area contributed by atoms with Gasteiger partial charge in [0.1, 0.15) is 6.42 Å². The van der Waals surface area contributed by atoms with E-state index in [1.807, 2.05) is 4.90 Å². The van der Waals surface area contributed by atoms with Gasteiger partial charge in [0.25, 0.3) is 0 Å². The van der Waals surface area contributed by atoms with Gasteiger partial charge in [0, 0.05) is 57.6 Å². The van der Waals surface area contributed by atoms with Crippen LogP contribution in [0.3, 0.4) is 0 Å². The molecule has 4 aliphatic carbocycles. The predicted octanol–water partition coefficient (Wildman–Crippen LogP) is 4.62. The molecule has 3 saturated heterocycles. The van der Waals surface area contributed by atoms with Crippen molar-refractivity contribution in [1.29, 1.82) is 0 Å². The third-order valence-corrected chi connectivity index (χ3v) is 14.6. The molecule has 0 aromatic rings. The Bertz CT molecular complexity index is 1080. The summed E-state index contributed by atoms with van der Waals surface area (Å²) < 4.78 is 13.4. The molecule has 2 amide bonds. The molecule has 7 aliphatic rings. The van der Waals surface area contributed by atoms with E-state index in [4.69, 9.17) is 9.47 Å². The number of carbonyl (C=O) groups is 2. The zero-order chi connectivity index (χ0) is 31.5. The fourth-order valence-electron chi connectivity index (χ4n) is 12.0. The Morgan fingerprint density at radius 1 is 0.911 bits per heavy atom. The van der Waals surface area contributed by atoms with Crippen LogP contribution in [0.2, 0.25) is 0 Å². The Hall–Kier alpha value is -1.22. The van der Waals surface area contributed by atoms with E-state index in [0.29, 0.717) is 35.2 Å². The second-order valence-electron chi connectivity index (χ2n) is 17.2. The van der Waals surface area contributed by atoms with Crippen molar-refractivity contribution >= 4 is 11.8 Å². The lowest BCUT2D eigenvalue weighted by molar-refractivity contribution is -0.272. The number of piperazine rings is 1. The van der Waals surface area contributed by atoms with Crippen molar-refractivity contribution < 1.29 is 19.1 Å². The van der Waals surface area contributed by atoms with E-state index in [-0.39, 0.29) is 30.1 Å². The SMILES string of the molecule is C[C@@H]1CC[C@@]2(OC1)O[C@H]1C[C@@H]3[C@H](CC[C@H]4[C@H]3CC[C@@H]3C[C@@H](NC(=O)CC(=O)N5CCN(CCN(C)C)CC5)CC[C@@]34C)[C@H]1[C@@H]2C. The van der Waals surface area contributed by atoms with Gasteiger partial charge in [-0.25, -0.2) is 0 Å². The second kappa shape index (κ2) is 12.7. The van der Waals surface area contributed by atoms with E-state index in [9.17, 15) is 9.59 Å². The Kier molecular flexibility index (Phi) is 9.10. The van der Waals surface area contributed by atoms with E-state index < -0.39 is 0 Å². The highest BCUT2D eigenvalue weighted by Crippen LogP contribution is 2.67. The van der Waals surface area contributed by atoms with Crippen molar-refractivity contribution in [2.45, 2.75) is 109 Å². The topological polar surface area (TPSA) is 74.3 Å². The van der Waals surface area contributed by atoms with Gasteiger partial charge in [-0.1, -0.05) is 20.8 Å². The van der Waals surface area contributed by atoms with Gasteiger partial charge in [0.15, 0.2) is 5.79 Å². The van der Waals surface area contributed by atoms with E-state index in [0.717, 1.165) is 88.8 Å². The number of carbonyl (C=O) groups excluding carboxylic acids is 2. The van der Waals surface area contributed by atoms with Crippen LogP contribution in [0.25, 0.3) is 0 Å². The molecule has 3 heterocycles. The normalized spacial score (nSPS) is 46.4. The molecule has 0 bridgehead atoms. The molecule has 254 valence electrons. The van der Waals surface area contributed by atoms with Crippen LogP contribution in [-0.2, 0) is 19.1 Å². The Balaban J connectivity index is 0.898. The highest BCUT2D eigenvalue weighted by atomic mass is 16.7. The first-order chi connectivity index (χ1) is 21.6. The van der Waals surface area contributed by atoms with Gasteiger partial charge >= 0.3 is 0 Å². The zero-order valence-corrected chi connectivity index (χ0v) is 29.0. The Morgan fingerprint density at radius 2 is 1.69 bits per heavy atom. The van der Waals surface area contributed by atoms with E-state index in [2.05, 4.69) is 50.0 Å². The van der Waals surface area contributed by atoms with Gasteiger partial charge < -0.3 is 24.6 Å². The van der Waals surface area contributed by atoms with Crippen molar-refractivity contribution in [2.24, 2.45) is 52.8 Å². The van der Waals surface area contributed by atoms with Crippen molar-refractivity contribution in [3.8, 4) is 0 Å². The fourth-order valence-corrected chi connectivity index (χ4v) is 12.0. The average molecular weight is 627 g/mol. The summed E-state index contributed by atoms with van der Waals surface area (Å²) in [5.41, 5.74) is 0.380. The summed E-state index contributed by atoms with van der Waals surface area (Å²) >= 11 is 0. The molecular formula is C37H62N4O4. The van der Waals surface area contributed by atoms with Crippen molar-refractivity contribution in [2.75, 3.05) is 60.0 Å². The first kappa shape index (κ1) is 32.3. The summed E-state index contributed by atoms with van der Waals surface area (Å²) in [4.78, 5) is 32.5. The maximum Gasteiger partial charge on any atom is 0.232 e. The minimum atomic E-state index is -0.304. The quantitative estimate of drug-likeness (QED) is 0.434. The predicted molar refractivity (Wildman–Crippen MR) is 175 cm³/mol. The number of ether oxygens (including phenoxy) is 2. The molecule has 12 atom stereocenters. The first-order valence-corrected chi connectivity index (χ1v) is 18.8. The van der Waals surface area contributed by atoms with Crippen molar-refractivity contribution in [3.63, 3.8) is 0 Å². The lowest BCUT2D eigenvalue weighted by atomic mass is 9.46. The second-order valence-corrected chi connectivity index (χ2v) is 17.2. The molecule has 3 aliphatic heterocycles. The number of amides is 2. The fraction of sp³-hybridized carbons (Fsp3) is 0.946. The van der Waals surface area contributed by atoms with E-state index >= 15 is 0 Å². The highest BCUT2D eigenvalue weighted by molar-refractivity contribution is 5.97. The molecule has 4 saturated carbocycles. The van der Waals surface area contributed by atoms with E-state index in [1.165, 1.54) is 44.9 Å². The molecule has 7 rings (SSSR count). The largest absolute Gasteiger partial charge is 0.353 e. The summed E-state index contributed by atoms with van der Waals surface area (Å²) in [6.07, 6.45) is 12.7. The molecule has 0 unspecified atom stereocenters. The van der Waals surface area contributed by atoms with Gasteiger partial charge in [0.05, 0.1) is 12.7 Å². The molecule has 45 heavy (non-hydrogen) atoms. The van der Waals surface area contributed by atoms with Crippen LogP contribution in [0.5, 0.6) is 0 Å². The van der Waals surface area contributed by atoms with Gasteiger partial charge in [-0.05, 0) is 119 Å². The van der Waals surface area contributed by atoms with Crippen molar-refractivity contribution in [3.05, 3.63) is 0 Å². The summed E-state index contributed by atoms with van der Waals surface area (Å²) in [6.45, 7) is 13.5. The van der Waals surface area contributed by atoms with Crippen LogP contribution in [0, 0.1) is 52.8 Å². The van der Waals surface area contributed by atoms with Crippen LogP contribution in [0.4, 0.5) is 0 Å². The molecule has 8 nitrogen and oxygen atoms in total. The number of hydrogen-bond acceptors (Lipinski definition) is 6. The van der Waals surface area contributed by atoms with Gasteiger partial charge in [-0.15, -0.1) is 0 Å². The number of rotatable bonds is 6. The molecule has 0 aromatic heterocycles. The molecular weight excluding hydrogens is 564 g/mol. The maximum absolute atomic E-state index is 13.1. The molecule has 7 fully saturated rings. The zero-order valence-electron chi connectivity index (χ0n) is 29.0. The van der Waals surface area contributed by atoms with Crippen LogP contribution < -0.4 is 5.32 Å². The maximum atomic E-state index is 13.1. The summed E-state index contributed by atoms with van der Waals surface area (Å²) in [7, 11) is 4.19. The average Bonchev–Trinajstić information content (AvgIpc) is 3.51. The lowest BCUT2D eigenvalue weighted by Gasteiger charge is -2.59. The lowest BCUT2D eigenvalue weighted by Crippen LogP contribution is -2.54. The number of fused-ring (bicyclic) bond motifs is 7. The third kappa shape index (κ3) is 6.01. The number of likely N-dealkylation sites (N-methyl/N-ethyl adjacent to an activating group) is 1. The molecule has 1 spiro atoms. The van der Waals surface area contributed by atoms with Gasteiger partial charge in [0.2, 0.25) is 11.8 Å². The molecule has 8 heteroatoms. The standard InChI is InChI=1S/C37H62N4O4/c1-24-10-13-37(44-23-24)25(2)35-29-8-9-31-28(30(29)21-32(35)45-37)7-6-26-20-27(11-12-36(26,31)3)38-33(42)22-34(43)41-18-16-40(17-19-41)15-14-39(4)5/h24-32,35H,6-23H2,1-5H3,(H,38,42)/t24-,25+,26-,27+,28+,29+,30+,31+,32+,35-,36+,37-/m1/s1. The van der Waals surface area contributed by atoms with Crippen LogP contribution >= 0.6 is 0 Å². The Labute approximate surface area is 272 Å². The summed E-state index contributed by atoms with van der Waals surface area (Å²) in [6, 6.07) is 0.216. The molecule has 0 radical (unpaired) electrons. The minimum Gasteiger partial charge on any atom is -0.353 e. The number of nitrogens with one attached hydrogen (secondary N) is 1. The minimum absolute atomic E-state index is 0.00191. The smallest absolute Gasteiger partial charge is 0.232 e. The van der Waals surface area contributed by atoms with Gasteiger partial charge in [-0.3, -0.25) is 14.5 Å². The van der Waals surface area contributed by atoms with Crippen LogP contribution in [0.1, 0.15) is 91.4 Å². The summed E-state index contributed by atoms with van der Waals surface area (Å²) in [5.74, 6) is 5.41. The van der Waals surface area contributed by atoms with Crippen LogP contribution in [-0.4, -0.2) is 104 Å². The summed E-state index contributed by atoms with van der Waals surface area (Å²) in [5, 5.41) is 3.32. The first-order valence-electron chi connectivity index (χ1n) is 18.8. The van der Waals surface area contributed by atoms with E-state index in [1.54, 1.807) is 0 Å². The van der Waals surface area contributed by atoms with Crippen LogP contribution in [0.15, 0.2) is 0 Å². The monoisotopic (exact) mass is 626 g/mol. The molecule has 0 aromatic carbocycles. The third-order valence-electron chi connectivity index (χ3n) is 14.6. The van der Waals surface area contributed by atoms with Crippen molar-refractivity contribution in [1.82, 2.24) is 20.0 Å². The van der Waals surface area contributed by atoms with Gasteiger partial charge in [-0.2, -0.15) is 0 Å². The highest BCUT2D eigenvalue weighted by Gasteiger charge is 2.65. The molecule has 1 N–H and O–H groups in total. The number of hydrogen-bond donors (Lipinski definition) is 1. The number of nitrogens with zero attached hydrogens (tertiary/aromatic N) is 3. The Morgan fingerprint density at radius 3 is 2.42 bits per heavy atom.